The summed E-state index contributed by atoms with van der Waals surface area (Å²) in [6.07, 6.45) is 5.70. The molecule has 2 fully saturated rings. The number of piperazine rings is 1. The number of guanidine groups is 1. The van der Waals surface area contributed by atoms with Gasteiger partial charge in [-0.3, -0.25) is 4.99 Å². The summed E-state index contributed by atoms with van der Waals surface area (Å²) >= 11 is 1.70. The minimum absolute atomic E-state index is 0. The summed E-state index contributed by atoms with van der Waals surface area (Å²) < 4.78 is 0. The van der Waals surface area contributed by atoms with Crippen LogP contribution in [0.3, 0.4) is 0 Å². The van der Waals surface area contributed by atoms with Gasteiger partial charge in [0.1, 0.15) is 0 Å². The zero-order valence-corrected chi connectivity index (χ0v) is 18.3. The van der Waals surface area contributed by atoms with Crippen LogP contribution in [0.15, 0.2) is 16.6 Å². The minimum atomic E-state index is 0. The topological polar surface area (TPSA) is 61.0 Å². The zero-order chi connectivity index (χ0) is 16.8. The summed E-state index contributed by atoms with van der Waals surface area (Å²) in [6, 6.07) is 0. The van der Waals surface area contributed by atoms with Crippen molar-refractivity contribution in [2.75, 3.05) is 57.3 Å². The number of hydrogen-bond donors (Lipinski definition) is 1. The van der Waals surface area contributed by atoms with Crippen molar-refractivity contribution in [3.05, 3.63) is 11.6 Å². The maximum atomic E-state index is 6.18. The van der Waals surface area contributed by atoms with Crippen molar-refractivity contribution < 1.29 is 0 Å². The third-order valence-corrected chi connectivity index (χ3v) is 5.77. The first-order chi connectivity index (χ1) is 11.7. The number of hydrogen-bond acceptors (Lipinski definition) is 5. The lowest BCUT2D eigenvalue weighted by atomic mass is 10.0. The van der Waals surface area contributed by atoms with Gasteiger partial charge in [0.25, 0.3) is 0 Å². The predicted molar refractivity (Wildman–Crippen MR) is 117 cm³/mol. The molecule has 0 aliphatic carbocycles. The van der Waals surface area contributed by atoms with Gasteiger partial charge < -0.3 is 20.4 Å². The average molecular weight is 478 g/mol. The van der Waals surface area contributed by atoms with E-state index in [0.717, 1.165) is 56.7 Å². The van der Waals surface area contributed by atoms with Crippen LogP contribution in [0.25, 0.3) is 0 Å². The Morgan fingerprint density at radius 3 is 2.80 bits per heavy atom. The quantitative estimate of drug-likeness (QED) is 0.305. The molecule has 2 aliphatic heterocycles. The van der Waals surface area contributed by atoms with Gasteiger partial charge >= 0.3 is 0 Å². The van der Waals surface area contributed by atoms with Crippen LogP contribution in [0.2, 0.25) is 0 Å². The van der Waals surface area contributed by atoms with Crippen molar-refractivity contribution in [3.63, 3.8) is 0 Å². The molecule has 1 unspecified atom stereocenters. The van der Waals surface area contributed by atoms with Gasteiger partial charge in [-0.2, -0.15) is 0 Å². The lowest BCUT2D eigenvalue weighted by molar-refractivity contribution is 0.183. The molecule has 3 heterocycles. The van der Waals surface area contributed by atoms with Gasteiger partial charge in [-0.15, -0.1) is 35.3 Å². The van der Waals surface area contributed by atoms with Crippen LogP contribution in [-0.4, -0.2) is 73.1 Å². The molecule has 25 heavy (non-hydrogen) atoms. The number of rotatable bonds is 5. The Morgan fingerprint density at radius 2 is 2.12 bits per heavy atom. The SMILES string of the molecule is CC1CCCN(CCCN=C(N)N2CCN(c3nccs3)CC2)C1.I. The van der Waals surface area contributed by atoms with E-state index in [9.17, 15) is 0 Å². The summed E-state index contributed by atoms with van der Waals surface area (Å²) in [5.41, 5.74) is 6.18. The molecule has 1 aromatic heterocycles. The van der Waals surface area contributed by atoms with Crippen molar-refractivity contribution >= 4 is 46.4 Å². The van der Waals surface area contributed by atoms with Crippen LogP contribution >= 0.6 is 35.3 Å². The van der Waals surface area contributed by atoms with Crippen LogP contribution in [0.5, 0.6) is 0 Å². The number of aliphatic imine (C=N–C) groups is 1. The van der Waals surface area contributed by atoms with Crippen molar-refractivity contribution in [3.8, 4) is 0 Å². The number of aromatic nitrogens is 1. The summed E-state index contributed by atoms with van der Waals surface area (Å²) in [7, 11) is 0. The summed E-state index contributed by atoms with van der Waals surface area (Å²) in [4.78, 5) is 16.1. The van der Waals surface area contributed by atoms with Crippen LogP contribution in [0.1, 0.15) is 26.2 Å². The van der Waals surface area contributed by atoms with E-state index in [2.05, 4.69) is 31.6 Å². The van der Waals surface area contributed by atoms with Gasteiger partial charge in [-0.25, -0.2) is 4.98 Å². The Bertz CT molecular complexity index is 515. The number of halogens is 1. The molecule has 2 saturated heterocycles. The van der Waals surface area contributed by atoms with Crippen molar-refractivity contribution in [1.29, 1.82) is 0 Å². The molecule has 0 saturated carbocycles. The smallest absolute Gasteiger partial charge is 0.191 e. The Hall–Kier alpha value is -0.610. The minimum Gasteiger partial charge on any atom is -0.370 e. The molecule has 0 radical (unpaired) electrons. The second-order valence-electron chi connectivity index (χ2n) is 6.93. The standard InChI is InChI=1S/C17H30N6S.HI/c1-15-4-2-7-21(14-15)8-3-5-19-16(18)22-9-11-23(12-10-22)17-20-6-13-24-17;/h6,13,15H,2-5,7-12,14H2,1H3,(H2,18,19);1H. The Kier molecular flexibility index (Phi) is 8.71. The van der Waals surface area contributed by atoms with Crippen LogP contribution in [-0.2, 0) is 0 Å². The van der Waals surface area contributed by atoms with Gasteiger partial charge in [0, 0.05) is 50.8 Å². The van der Waals surface area contributed by atoms with Crippen molar-refractivity contribution in [1.82, 2.24) is 14.8 Å². The fourth-order valence-corrected chi connectivity index (χ4v) is 4.27. The van der Waals surface area contributed by atoms with E-state index < -0.39 is 0 Å². The fourth-order valence-electron chi connectivity index (χ4n) is 3.58. The first-order valence-corrected chi connectivity index (χ1v) is 10.0. The van der Waals surface area contributed by atoms with Gasteiger partial charge in [0.15, 0.2) is 11.1 Å². The monoisotopic (exact) mass is 478 g/mol. The van der Waals surface area contributed by atoms with E-state index >= 15 is 0 Å². The Labute approximate surface area is 172 Å². The maximum absolute atomic E-state index is 6.18. The molecule has 2 aliphatic rings. The zero-order valence-electron chi connectivity index (χ0n) is 15.1. The molecule has 3 rings (SSSR count). The van der Waals surface area contributed by atoms with E-state index in [-0.39, 0.29) is 24.0 Å². The molecule has 1 aromatic rings. The molecule has 2 N–H and O–H groups in total. The highest BCUT2D eigenvalue weighted by Gasteiger charge is 2.20. The molecule has 0 spiro atoms. The number of likely N-dealkylation sites (tertiary alicyclic amines) is 1. The van der Waals surface area contributed by atoms with E-state index in [1.807, 2.05) is 11.6 Å². The van der Waals surface area contributed by atoms with Gasteiger partial charge in [-0.05, 0) is 38.3 Å². The number of thiazole rings is 1. The molecular formula is C17H31IN6S. The van der Waals surface area contributed by atoms with E-state index in [4.69, 9.17) is 5.73 Å². The molecular weight excluding hydrogens is 447 g/mol. The van der Waals surface area contributed by atoms with Gasteiger partial charge in [0.2, 0.25) is 0 Å². The fraction of sp³-hybridized carbons (Fsp3) is 0.765. The van der Waals surface area contributed by atoms with Gasteiger partial charge in [0.05, 0.1) is 0 Å². The molecule has 0 aromatic carbocycles. The van der Waals surface area contributed by atoms with E-state index in [0.29, 0.717) is 5.96 Å². The van der Waals surface area contributed by atoms with Crippen molar-refractivity contribution in [2.24, 2.45) is 16.6 Å². The van der Waals surface area contributed by atoms with Crippen molar-refractivity contribution in [2.45, 2.75) is 26.2 Å². The normalized spacial score (nSPS) is 22.8. The molecule has 0 bridgehead atoms. The second kappa shape index (κ2) is 10.5. The van der Waals surface area contributed by atoms with Crippen LogP contribution in [0.4, 0.5) is 5.13 Å². The highest BCUT2D eigenvalue weighted by Crippen LogP contribution is 2.19. The summed E-state index contributed by atoms with van der Waals surface area (Å²) in [5.74, 6) is 1.56. The molecule has 8 heteroatoms. The first kappa shape index (κ1) is 20.7. The highest BCUT2D eigenvalue weighted by molar-refractivity contribution is 14.0. The maximum Gasteiger partial charge on any atom is 0.191 e. The first-order valence-electron chi connectivity index (χ1n) is 9.14. The molecule has 6 nitrogen and oxygen atoms in total. The average Bonchev–Trinajstić information content (AvgIpc) is 3.13. The van der Waals surface area contributed by atoms with E-state index in [1.165, 1.54) is 25.9 Å². The number of piperidine rings is 1. The number of nitrogens with zero attached hydrogens (tertiary/aromatic N) is 5. The Morgan fingerprint density at radius 1 is 1.32 bits per heavy atom. The third-order valence-electron chi connectivity index (χ3n) is 4.94. The molecule has 142 valence electrons. The number of nitrogens with two attached hydrogens (primary N) is 1. The second-order valence-corrected chi connectivity index (χ2v) is 7.80. The van der Waals surface area contributed by atoms with Crippen LogP contribution in [0, 0.1) is 5.92 Å². The predicted octanol–water partition coefficient (Wildman–Crippen LogP) is 2.32. The number of anilines is 1. The summed E-state index contributed by atoms with van der Waals surface area (Å²) in [5, 5.41) is 3.14. The van der Waals surface area contributed by atoms with E-state index in [1.54, 1.807) is 11.3 Å². The molecule has 1 atom stereocenters. The largest absolute Gasteiger partial charge is 0.370 e. The third kappa shape index (κ3) is 6.25. The lowest BCUT2D eigenvalue weighted by Gasteiger charge is -2.35. The Balaban J connectivity index is 0.00000225. The molecule has 0 amide bonds. The van der Waals surface area contributed by atoms with Gasteiger partial charge in [-0.1, -0.05) is 6.92 Å². The van der Waals surface area contributed by atoms with Crippen LogP contribution < -0.4 is 10.6 Å². The lowest BCUT2D eigenvalue weighted by Crippen LogP contribution is -2.51. The summed E-state index contributed by atoms with van der Waals surface area (Å²) in [6.45, 7) is 10.6. The highest BCUT2D eigenvalue weighted by atomic mass is 127.